The highest BCUT2D eigenvalue weighted by molar-refractivity contribution is 5.80. The normalized spacial score (nSPS) is 22.5. The third kappa shape index (κ3) is 3.52. The first-order valence-electron chi connectivity index (χ1n) is 6.63. The molecule has 1 aliphatic rings. The van der Waals surface area contributed by atoms with Crippen LogP contribution in [0.1, 0.15) is 24.2 Å². The van der Waals surface area contributed by atoms with E-state index in [9.17, 15) is 4.79 Å². The number of carbonyl (C=O) groups excluding carboxylic acids is 1. The van der Waals surface area contributed by atoms with Crippen LogP contribution in [0.5, 0.6) is 0 Å². The van der Waals surface area contributed by atoms with E-state index in [1.54, 1.807) is 11.9 Å². The van der Waals surface area contributed by atoms with Crippen LogP contribution in [-0.4, -0.2) is 41.6 Å². The molecule has 0 aliphatic carbocycles. The SMILES string of the molecule is Cc1cccc(CN(C)C(=O)C2CCC(CN)O2)n1. The van der Waals surface area contributed by atoms with E-state index in [1.807, 2.05) is 25.1 Å². The van der Waals surface area contributed by atoms with Gasteiger partial charge in [0, 0.05) is 19.3 Å². The van der Waals surface area contributed by atoms with Gasteiger partial charge >= 0.3 is 0 Å². The first-order valence-corrected chi connectivity index (χ1v) is 6.63. The highest BCUT2D eigenvalue weighted by Gasteiger charge is 2.31. The number of likely N-dealkylation sites (N-methyl/N-ethyl adjacent to an activating group) is 1. The minimum absolute atomic E-state index is 0.0132. The van der Waals surface area contributed by atoms with Gasteiger partial charge in [0.15, 0.2) is 0 Å². The fourth-order valence-corrected chi connectivity index (χ4v) is 2.32. The Balaban J connectivity index is 1.93. The van der Waals surface area contributed by atoms with E-state index in [0.29, 0.717) is 13.1 Å². The summed E-state index contributed by atoms with van der Waals surface area (Å²) in [5.74, 6) is 0.0132. The first-order chi connectivity index (χ1) is 9.10. The molecule has 2 unspecified atom stereocenters. The molecule has 0 radical (unpaired) electrons. The number of amides is 1. The summed E-state index contributed by atoms with van der Waals surface area (Å²) in [6, 6.07) is 5.82. The largest absolute Gasteiger partial charge is 0.364 e. The van der Waals surface area contributed by atoms with Crippen LogP contribution in [-0.2, 0) is 16.1 Å². The van der Waals surface area contributed by atoms with Crippen molar-refractivity contribution in [2.24, 2.45) is 5.73 Å². The molecular weight excluding hydrogens is 242 g/mol. The van der Waals surface area contributed by atoms with Gasteiger partial charge in [-0.25, -0.2) is 0 Å². The second-order valence-corrected chi connectivity index (χ2v) is 5.02. The Labute approximate surface area is 113 Å². The smallest absolute Gasteiger partial charge is 0.251 e. The van der Waals surface area contributed by atoms with Gasteiger partial charge in [-0.05, 0) is 31.9 Å². The zero-order chi connectivity index (χ0) is 13.8. The van der Waals surface area contributed by atoms with Crippen LogP contribution in [0.3, 0.4) is 0 Å². The van der Waals surface area contributed by atoms with Crippen LogP contribution in [0.4, 0.5) is 0 Å². The molecule has 0 saturated carbocycles. The molecule has 1 aromatic rings. The van der Waals surface area contributed by atoms with Gasteiger partial charge in [0.25, 0.3) is 5.91 Å². The summed E-state index contributed by atoms with van der Waals surface area (Å²) in [5.41, 5.74) is 7.40. The van der Waals surface area contributed by atoms with Crippen molar-refractivity contribution in [3.63, 3.8) is 0 Å². The Morgan fingerprint density at radius 2 is 2.32 bits per heavy atom. The topological polar surface area (TPSA) is 68.5 Å². The Kier molecular flexibility index (Phi) is 4.50. The molecule has 2 heterocycles. The van der Waals surface area contributed by atoms with Crippen molar-refractivity contribution in [1.29, 1.82) is 0 Å². The maximum Gasteiger partial charge on any atom is 0.251 e. The second-order valence-electron chi connectivity index (χ2n) is 5.02. The number of ether oxygens (including phenoxy) is 1. The molecule has 2 atom stereocenters. The van der Waals surface area contributed by atoms with Crippen LogP contribution in [0.2, 0.25) is 0 Å². The number of aryl methyl sites for hydroxylation is 1. The number of nitrogens with zero attached hydrogens (tertiary/aromatic N) is 2. The fourth-order valence-electron chi connectivity index (χ4n) is 2.32. The molecule has 104 valence electrons. The predicted molar refractivity (Wildman–Crippen MR) is 72.4 cm³/mol. The Morgan fingerprint density at radius 1 is 1.53 bits per heavy atom. The minimum atomic E-state index is -0.344. The predicted octanol–water partition coefficient (Wildman–Crippen LogP) is 0.855. The molecule has 1 amide bonds. The Morgan fingerprint density at radius 3 is 2.95 bits per heavy atom. The van der Waals surface area contributed by atoms with Gasteiger partial charge in [-0.15, -0.1) is 0 Å². The average molecular weight is 263 g/mol. The van der Waals surface area contributed by atoms with Gasteiger partial charge in [-0.1, -0.05) is 6.07 Å². The molecule has 19 heavy (non-hydrogen) atoms. The van der Waals surface area contributed by atoms with Crippen LogP contribution in [0.15, 0.2) is 18.2 Å². The third-order valence-electron chi connectivity index (χ3n) is 3.37. The van der Waals surface area contributed by atoms with E-state index in [4.69, 9.17) is 10.5 Å². The number of hydrogen-bond acceptors (Lipinski definition) is 4. The number of rotatable bonds is 4. The number of hydrogen-bond donors (Lipinski definition) is 1. The standard InChI is InChI=1S/C14H21N3O2/c1-10-4-3-5-11(16-10)9-17(2)14(18)13-7-6-12(8-15)19-13/h3-5,12-13H,6-9,15H2,1-2H3. The number of pyridine rings is 1. The van der Waals surface area contributed by atoms with Crippen molar-refractivity contribution in [3.8, 4) is 0 Å². The van der Waals surface area contributed by atoms with Gasteiger partial charge in [0.2, 0.25) is 0 Å². The van der Waals surface area contributed by atoms with E-state index < -0.39 is 0 Å². The Hall–Kier alpha value is -1.46. The van der Waals surface area contributed by atoms with Crippen molar-refractivity contribution in [2.45, 2.75) is 38.5 Å². The van der Waals surface area contributed by atoms with Crippen LogP contribution in [0, 0.1) is 6.92 Å². The van der Waals surface area contributed by atoms with Crippen molar-refractivity contribution < 1.29 is 9.53 Å². The van der Waals surface area contributed by atoms with E-state index in [0.717, 1.165) is 24.2 Å². The summed E-state index contributed by atoms with van der Waals surface area (Å²) in [6.07, 6.45) is 1.30. The summed E-state index contributed by atoms with van der Waals surface area (Å²) in [4.78, 5) is 18.3. The van der Waals surface area contributed by atoms with Crippen LogP contribution < -0.4 is 5.73 Å². The molecular formula is C14H21N3O2. The lowest BCUT2D eigenvalue weighted by Gasteiger charge is -2.21. The lowest BCUT2D eigenvalue weighted by molar-refractivity contribution is -0.142. The summed E-state index contributed by atoms with van der Waals surface area (Å²) in [7, 11) is 1.78. The van der Waals surface area contributed by atoms with Gasteiger partial charge < -0.3 is 15.4 Å². The molecule has 0 aromatic carbocycles. The molecule has 0 bridgehead atoms. The van der Waals surface area contributed by atoms with Crippen molar-refractivity contribution in [1.82, 2.24) is 9.88 Å². The highest BCUT2D eigenvalue weighted by atomic mass is 16.5. The molecule has 2 rings (SSSR count). The monoisotopic (exact) mass is 263 g/mol. The molecule has 2 N–H and O–H groups in total. The minimum Gasteiger partial charge on any atom is -0.364 e. The summed E-state index contributed by atoms with van der Waals surface area (Å²) < 4.78 is 5.62. The maximum atomic E-state index is 12.2. The lowest BCUT2D eigenvalue weighted by atomic mass is 10.2. The second kappa shape index (κ2) is 6.12. The quantitative estimate of drug-likeness (QED) is 0.874. The van der Waals surface area contributed by atoms with Gasteiger partial charge in [-0.3, -0.25) is 9.78 Å². The van der Waals surface area contributed by atoms with Crippen molar-refractivity contribution in [2.75, 3.05) is 13.6 Å². The van der Waals surface area contributed by atoms with E-state index in [-0.39, 0.29) is 18.1 Å². The average Bonchev–Trinajstić information content (AvgIpc) is 2.86. The fraction of sp³-hybridized carbons (Fsp3) is 0.571. The number of carbonyl (C=O) groups is 1. The van der Waals surface area contributed by atoms with Gasteiger partial charge in [0.1, 0.15) is 6.10 Å². The number of nitrogens with two attached hydrogens (primary N) is 1. The maximum absolute atomic E-state index is 12.2. The lowest BCUT2D eigenvalue weighted by Crippen LogP contribution is -2.36. The third-order valence-corrected chi connectivity index (χ3v) is 3.37. The summed E-state index contributed by atoms with van der Waals surface area (Å²) in [6.45, 7) is 2.93. The highest BCUT2D eigenvalue weighted by Crippen LogP contribution is 2.20. The molecule has 1 aromatic heterocycles. The molecule has 0 spiro atoms. The first kappa shape index (κ1) is 14.0. The van der Waals surface area contributed by atoms with E-state index in [1.165, 1.54) is 0 Å². The van der Waals surface area contributed by atoms with Crippen LogP contribution in [0.25, 0.3) is 0 Å². The zero-order valence-electron chi connectivity index (χ0n) is 11.5. The Bertz CT molecular complexity index is 450. The van der Waals surface area contributed by atoms with Crippen molar-refractivity contribution in [3.05, 3.63) is 29.6 Å². The molecule has 1 aliphatic heterocycles. The summed E-state index contributed by atoms with van der Waals surface area (Å²) in [5, 5.41) is 0. The van der Waals surface area contributed by atoms with E-state index in [2.05, 4.69) is 4.98 Å². The van der Waals surface area contributed by atoms with Crippen molar-refractivity contribution >= 4 is 5.91 Å². The zero-order valence-corrected chi connectivity index (χ0v) is 11.5. The molecule has 5 heteroatoms. The molecule has 1 fully saturated rings. The molecule has 5 nitrogen and oxygen atoms in total. The van der Waals surface area contributed by atoms with E-state index >= 15 is 0 Å². The van der Waals surface area contributed by atoms with Gasteiger partial charge in [-0.2, -0.15) is 0 Å². The van der Waals surface area contributed by atoms with Crippen LogP contribution >= 0.6 is 0 Å². The van der Waals surface area contributed by atoms with Gasteiger partial charge in [0.05, 0.1) is 18.3 Å². The number of aromatic nitrogens is 1. The summed E-state index contributed by atoms with van der Waals surface area (Å²) >= 11 is 0. The molecule has 1 saturated heterocycles.